The van der Waals surface area contributed by atoms with Crippen LogP contribution in [0.5, 0.6) is 5.88 Å². The maximum absolute atomic E-state index is 13.4. The molecule has 35 heavy (non-hydrogen) atoms. The van der Waals surface area contributed by atoms with Crippen molar-refractivity contribution in [3.8, 4) is 5.88 Å². The van der Waals surface area contributed by atoms with E-state index in [4.69, 9.17) is 4.74 Å². The predicted molar refractivity (Wildman–Crippen MR) is 144 cm³/mol. The summed E-state index contributed by atoms with van der Waals surface area (Å²) >= 11 is 0. The Hall–Kier alpha value is -1.02. The quantitative estimate of drug-likeness (QED) is 0.400. The Morgan fingerprint density at radius 3 is 2.40 bits per heavy atom. The van der Waals surface area contributed by atoms with Crippen molar-refractivity contribution < 1.29 is 9.53 Å². The fourth-order valence-electron chi connectivity index (χ4n) is 7.05. The Morgan fingerprint density at radius 1 is 1.11 bits per heavy atom. The molecule has 200 valence electrons. The third-order valence-electron chi connectivity index (χ3n) is 8.51. The molecule has 0 radical (unpaired) electrons. The van der Waals surface area contributed by atoms with Crippen molar-refractivity contribution in [1.29, 1.82) is 0 Å². The summed E-state index contributed by atoms with van der Waals surface area (Å²) in [6.07, 6.45) is 10.8. The summed E-state index contributed by atoms with van der Waals surface area (Å²) in [5.41, 5.74) is 0.600. The summed E-state index contributed by atoms with van der Waals surface area (Å²) in [5.74, 6) is 4.93. The second kappa shape index (κ2) is 13.0. The molecule has 1 aromatic rings. The average Bonchev–Trinajstić information content (AvgIpc) is 3.20. The van der Waals surface area contributed by atoms with Gasteiger partial charge in [0.05, 0.1) is 19.3 Å². The normalized spacial score (nSPS) is 29.5. The largest absolute Gasteiger partial charge is 0.477 e. The smallest absolute Gasteiger partial charge is 0.258 e. The molecule has 4 bridgehead atoms. The molecule has 0 aromatic carbocycles. The summed E-state index contributed by atoms with van der Waals surface area (Å²) in [7, 11) is 0. The van der Waals surface area contributed by atoms with Crippen LogP contribution >= 0.6 is 24.8 Å². The molecule has 1 aromatic heterocycles. The molecule has 3 N–H and O–H groups in total. The van der Waals surface area contributed by atoms with Gasteiger partial charge in [0, 0.05) is 12.6 Å². The van der Waals surface area contributed by atoms with Gasteiger partial charge in [0.1, 0.15) is 5.56 Å². The predicted octanol–water partition coefficient (Wildman–Crippen LogP) is 3.91. The van der Waals surface area contributed by atoms with Gasteiger partial charge in [-0.2, -0.15) is 5.10 Å². The number of rotatable bonds is 10. The van der Waals surface area contributed by atoms with Crippen LogP contribution < -0.4 is 20.7 Å². The highest BCUT2D eigenvalue weighted by atomic mass is 35.5. The van der Waals surface area contributed by atoms with E-state index in [0.717, 1.165) is 43.9 Å². The maximum atomic E-state index is 13.4. The molecule has 4 aliphatic carbocycles. The lowest BCUT2D eigenvalue weighted by Gasteiger charge is -2.54. The lowest BCUT2D eigenvalue weighted by Crippen LogP contribution is -2.55. The molecule has 1 amide bonds. The molecule has 9 heteroatoms. The summed E-state index contributed by atoms with van der Waals surface area (Å²) < 4.78 is 8.03. The van der Waals surface area contributed by atoms with Gasteiger partial charge in [0.15, 0.2) is 0 Å². The number of hydrogen-bond donors (Lipinski definition) is 3. The SMILES string of the molecule is CC(C)COc1c(C(=O)NC2C3CC4CC(C3)CC2C4)cnn1CCNCC1CCNCC1.Cl.Cl. The first-order valence-electron chi connectivity index (χ1n) is 13.5. The topological polar surface area (TPSA) is 80.2 Å². The van der Waals surface area contributed by atoms with Gasteiger partial charge in [-0.25, -0.2) is 4.68 Å². The van der Waals surface area contributed by atoms with Gasteiger partial charge < -0.3 is 20.7 Å². The van der Waals surface area contributed by atoms with Crippen molar-refractivity contribution >= 4 is 30.7 Å². The molecular weight excluding hydrogens is 485 g/mol. The zero-order chi connectivity index (χ0) is 22.8. The number of carbonyl (C=O) groups excluding carboxylic acids is 1. The number of nitrogens with one attached hydrogen (secondary N) is 3. The van der Waals surface area contributed by atoms with E-state index in [1.54, 1.807) is 6.20 Å². The Bertz CT molecular complexity index is 784. The van der Waals surface area contributed by atoms with Gasteiger partial charge in [0.25, 0.3) is 5.91 Å². The average molecular weight is 531 g/mol. The molecule has 2 heterocycles. The molecule has 5 aliphatic rings. The number of ether oxygens (including phenoxy) is 1. The number of halogens is 2. The van der Waals surface area contributed by atoms with Crippen LogP contribution in [-0.2, 0) is 6.54 Å². The zero-order valence-electron chi connectivity index (χ0n) is 21.3. The van der Waals surface area contributed by atoms with E-state index < -0.39 is 0 Å². The molecule has 7 nitrogen and oxygen atoms in total. The van der Waals surface area contributed by atoms with Crippen LogP contribution in [0.15, 0.2) is 6.20 Å². The Labute approximate surface area is 223 Å². The monoisotopic (exact) mass is 529 g/mol. The standard InChI is InChI=1S/C26H43N5O2.2ClH/c1-17(2)16-33-26-23(15-29-31(26)8-7-28-14-18-3-5-27-6-4-18)25(32)30-24-21-10-19-9-20(12-21)13-22(24)11-19;;/h15,17-22,24,27-28H,3-14,16H2,1-2H3,(H,30,32);2*1H. The van der Waals surface area contributed by atoms with Gasteiger partial charge in [-0.1, -0.05) is 13.8 Å². The molecule has 0 spiro atoms. The summed E-state index contributed by atoms with van der Waals surface area (Å²) in [5, 5.41) is 15.0. The van der Waals surface area contributed by atoms with E-state index in [1.807, 2.05) is 4.68 Å². The molecule has 1 saturated heterocycles. The summed E-state index contributed by atoms with van der Waals surface area (Å²) in [4.78, 5) is 13.4. The molecule has 1 aliphatic heterocycles. The first kappa shape index (κ1) is 28.5. The molecule has 0 unspecified atom stereocenters. The molecule has 5 fully saturated rings. The third-order valence-corrected chi connectivity index (χ3v) is 8.51. The number of nitrogens with zero attached hydrogens (tertiary/aromatic N) is 2. The van der Waals surface area contributed by atoms with Crippen molar-refractivity contribution in [2.75, 3.05) is 32.8 Å². The highest BCUT2D eigenvalue weighted by molar-refractivity contribution is 5.96. The molecule has 6 rings (SSSR count). The highest BCUT2D eigenvalue weighted by Crippen LogP contribution is 2.53. The van der Waals surface area contributed by atoms with Crippen molar-refractivity contribution in [3.05, 3.63) is 11.8 Å². The van der Waals surface area contributed by atoms with Crippen molar-refractivity contribution in [2.24, 2.45) is 35.5 Å². The Kier molecular flexibility index (Phi) is 10.6. The molecule has 0 atom stereocenters. The highest BCUT2D eigenvalue weighted by Gasteiger charge is 2.48. The first-order chi connectivity index (χ1) is 16.1. The number of amides is 1. The minimum absolute atomic E-state index is 0. The minimum Gasteiger partial charge on any atom is -0.477 e. The van der Waals surface area contributed by atoms with Crippen molar-refractivity contribution in [2.45, 2.75) is 71.4 Å². The first-order valence-corrected chi connectivity index (χ1v) is 13.5. The van der Waals surface area contributed by atoms with Gasteiger partial charge in [-0.3, -0.25) is 4.79 Å². The Morgan fingerprint density at radius 2 is 1.77 bits per heavy atom. The second-order valence-electron chi connectivity index (χ2n) is 11.6. The molecular formula is C26H45Cl2N5O2. The number of hydrogen-bond acceptors (Lipinski definition) is 5. The van der Waals surface area contributed by atoms with Crippen LogP contribution in [-0.4, -0.2) is 54.5 Å². The Balaban J connectivity index is 0.00000171. The van der Waals surface area contributed by atoms with Gasteiger partial charge in [-0.05, 0) is 100 Å². The van der Waals surface area contributed by atoms with Crippen molar-refractivity contribution in [1.82, 2.24) is 25.7 Å². The van der Waals surface area contributed by atoms with Gasteiger partial charge >= 0.3 is 0 Å². The van der Waals surface area contributed by atoms with E-state index in [2.05, 4.69) is 34.9 Å². The number of aromatic nitrogens is 2. The van der Waals surface area contributed by atoms with Crippen LogP contribution in [0.1, 0.15) is 69.2 Å². The lowest BCUT2D eigenvalue weighted by molar-refractivity contribution is -0.0120. The van der Waals surface area contributed by atoms with Crippen LogP contribution in [0.2, 0.25) is 0 Å². The summed E-state index contributed by atoms with van der Waals surface area (Å²) in [6.45, 7) is 9.70. The van der Waals surface area contributed by atoms with Gasteiger partial charge in [0.2, 0.25) is 5.88 Å². The second-order valence-corrected chi connectivity index (χ2v) is 11.6. The van der Waals surface area contributed by atoms with E-state index in [9.17, 15) is 4.79 Å². The van der Waals surface area contributed by atoms with E-state index in [0.29, 0.717) is 48.4 Å². The van der Waals surface area contributed by atoms with Crippen LogP contribution in [0.4, 0.5) is 0 Å². The third kappa shape index (κ3) is 6.85. The van der Waals surface area contributed by atoms with Gasteiger partial charge in [-0.15, -0.1) is 24.8 Å². The minimum atomic E-state index is 0. The number of piperidine rings is 1. The fraction of sp³-hybridized carbons (Fsp3) is 0.846. The van der Waals surface area contributed by atoms with E-state index >= 15 is 0 Å². The van der Waals surface area contributed by atoms with Crippen LogP contribution in [0, 0.1) is 35.5 Å². The van der Waals surface area contributed by atoms with E-state index in [-0.39, 0.29) is 30.7 Å². The molecule has 4 saturated carbocycles. The maximum Gasteiger partial charge on any atom is 0.258 e. The lowest BCUT2D eigenvalue weighted by atomic mass is 9.54. The van der Waals surface area contributed by atoms with Crippen LogP contribution in [0.25, 0.3) is 0 Å². The number of carbonyl (C=O) groups is 1. The van der Waals surface area contributed by atoms with E-state index in [1.165, 1.54) is 44.9 Å². The summed E-state index contributed by atoms with van der Waals surface area (Å²) in [6, 6.07) is 0.332. The zero-order valence-corrected chi connectivity index (χ0v) is 23.0. The van der Waals surface area contributed by atoms with Crippen LogP contribution in [0.3, 0.4) is 0 Å². The fourth-order valence-corrected chi connectivity index (χ4v) is 7.05. The van der Waals surface area contributed by atoms with Crippen molar-refractivity contribution in [3.63, 3.8) is 0 Å².